The quantitative estimate of drug-likeness (QED) is 0.0261. The average molecular weight is 1120 g/mol. The van der Waals surface area contributed by atoms with Crippen molar-refractivity contribution in [2.24, 2.45) is 0 Å². The Morgan fingerprint density at radius 1 is 0.263 bits per heavy atom. The molecule has 0 saturated carbocycles. The van der Waals surface area contributed by atoms with Gasteiger partial charge in [-0.05, 0) is 83.5 Å². The van der Waals surface area contributed by atoms with Crippen molar-refractivity contribution >= 4 is 17.9 Å². The highest BCUT2D eigenvalue weighted by Crippen LogP contribution is 2.18. The van der Waals surface area contributed by atoms with E-state index >= 15 is 0 Å². The largest absolute Gasteiger partial charge is 0.462 e. The molecule has 0 N–H and O–H groups in total. The minimum absolute atomic E-state index is 0.0738. The molecule has 0 aromatic heterocycles. The molecule has 0 bridgehead atoms. The van der Waals surface area contributed by atoms with Crippen LogP contribution in [0.3, 0.4) is 0 Å². The van der Waals surface area contributed by atoms with Gasteiger partial charge in [0, 0.05) is 19.3 Å². The zero-order valence-electron chi connectivity index (χ0n) is 53.3. The summed E-state index contributed by atoms with van der Waals surface area (Å²) in [5.41, 5.74) is 0. The molecule has 0 rings (SSSR count). The first kappa shape index (κ1) is 76.9. The molecule has 0 aromatic carbocycles. The first-order chi connectivity index (χ1) is 39.5. The lowest BCUT2D eigenvalue weighted by Crippen LogP contribution is -2.30. The van der Waals surface area contributed by atoms with Crippen molar-refractivity contribution in [1.29, 1.82) is 0 Å². The second kappa shape index (κ2) is 68.3. The molecular weight excluding hydrogens is 985 g/mol. The van der Waals surface area contributed by atoms with Crippen LogP contribution < -0.4 is 0 Å². The van der Waals surface area contributed by atoms with Gasteiger partial charge in [-0.3, -0.25) is 14.4 Å². The van der Waals surface area contributed by atoms with E-state index in [9.17, 15) is 14.4 Å². The lowest BCUT2D eigenvalue weighted by Gasteiger charge is -2.18. The lowest BCUT2D eigenvalue weighted by atomic mass is 10.0. The SMILES string of the molecule is CC/C=C\C/C=C\C/C=C\C/C=C\CCCCCCCCCCCCCCCCCCCCCCC(=O)OCC(COC(=O)CCCCCCC/C=C\C/C=C\CCC)OC(=O)CCCCCCCCCCCCCCCCCC. The molecule has 0 aromatic rings. The van der Waals surface area contributed by atoms with Crippen LogP contribution in [0.1, 0.15) is 361 Å². The number of allylic oxidation sites excluding steroid dienone is 12. The Labute approximate surface area is 497 Å². The molecule has 0 aliphatic carbocycles. The standard InChI is InChI=1S/C74H132O6/c1-4-7-10-13-16-19-22-25-27-29-30-31-32-33-34-35-36-37-38-39-40-41-42-43-44-45-47-49-52-55-58-61-64-67-73(76)79-70-71(69-78-72(75)66-63-60-57-54-51-48-24-21-18-15-12-9-6-3)80-74(77)68-65-62-59-56-53-50-46-28-26-23-20-17-14-11-8-5-2/h7,10,12,15-16,19,21,24-25,27,30-31,71H,4-6,8-9,11,13-14,17-18,20,22-23,26,28-29,32-70H2,1-3H3/b10-7-,15-12-,19-16-,24-21-,27-25-,31-30-. The van der Waals surface area contributed by atoms with Crippen molar-refractivity contribution in [2.45, 2.75) is 367 Å². The molecule has 0 aliphatic heterocycles. The van der Waals surface area contributed by atoms with Gasteiger partial charge < -0.3 is 14.2 Å². The van der Waals surface area contributed by atoms with Gasteiger partial charge in [0.15, 0.2) is 6.10 Å². The van der Waals surface area contributed by atoms with E-state index in [1.165, 1.54) is 212 Å². The van der Waals surface area contributed by atoms with Crippen LogP contribution in [0.2, 0.25) is 0 Å². The van der Waals surface area contributed by atoms with Gasteiger partial charge in [0.25, 0.3) is 0 Å². The average Bonchev–Trinajstić information content (AvgIpc) is 3.46. The summed E-state index contributed by atoms with van der Waals surface area (Å²) >= 11 is 0. The van der Waals surface area contributed by atoms with E-state index in [1.54, 1.807) is 0 Å². The monoisotopic (exact) mass is 1120 g/mol. The number of unbranched alkanes of at least 4 members (excludes halogenated alkanes) is 41. The van der Waals surface area contributed by atoms with Gasteiger partial charge >= 0.3 is 17.9 Å². The normalized spacial score (nSPS) is 12.5. The Balaban J connectivity index is 4.12. The molecule has 0 heterocycles. The molecule has 1 unspecified atom stereocenters. The highest BCUT2D eigenvalue weighted by molar-refractivity contribution is 5.71. The van der Waals surface area contributed by atoms with E-state index in [-0.39, 0.29) is 31.1 Å². The van der Waals surface area contributed by atoms with Crippen LogP contribution in [0.5, 0.6) is 0 Å². The molecule has 0 amide bonds. The molecule has 0 spiro atoms. The fourth-order valence-corrected chi connectivity index (χ4v) is 10.2. The van der Waals surface area contributed by atoms with E-state index in [0.29, 0.717) is 19.3 Å². The van der Waals surface area contributed by atoms with Crippen LogP contribution in [-0.4, -0.2) is 37.2 Å². The van der Waals surface area contributed by atoms with Crippen molar-refractivity contribution in [2.75, 3.05) is 13.2 Å². The van der Waals surface area contributed by atoms with Crippen molar-refractivity contribution in [3.8, 4) is 0 Å². The summed E-state index contributed by atoms with van der Waals surface area (Å²) in [5.74, 6) is -0.866. The van der Waals surface area contributed by atoms with E-state index < -0.39 is 6.10 Å². The minimum Gasteiger partial charge on any atom is -0.462 e. The van der Waals surface area contributed by atoms with Crippen LogP contribution in [0.4, 0.5) is 0 Å². The van der Waals surface area contributed by atoms with Crippen molar-refractivity contribution in [3.05, 3.63) is 72.9 Å². The smallest absolute Gasteiger partial charge is 0.306 e. The summed E-state index contributed by atoms with van der Waals surface area (Å²) in [6, 6.07) is 0. The van der Waals surface area contributed by atoms with Gasteiger partial charge in [0.1, 0.15) is 13.2 Å². The van der Waals surface area contributed by atoms with Gasteiger partial charge in [-0.25, -0.2) is 0 Å². The predicted molar refractivity (Wildman–Crippen MR) is 348 cm³/mol. The maximum Gasteiger partial charge on any atom is 0.306 e. The first-order valence-electron chi connectivity index (χ1n) is 34.9. The molecule has 80 heavy (non-hydrogen) atoms. The molecular formula is C74H132O6. The summed E-state index contributed by atoms with van der Waals surface area (Å²) in [5, 5.41) is 0. The Morgan fingerprint density at radius 2 is 0.512 bits per heavy atom. The second-order valence-electron chi connectivity index (χ2n) is 23.4. The Kier molecular flexibility index (Phi) is 65.7. The number of hydrogen-bond acceptors (Lipinski definition) is 6. The number of esters is 3. The van der Waals surface area contributed by atoms with Crippen molar-refractivity contribution in [3.63, 3.8) is 0 Å². The maximum absolute atomic E-state index is 12.9. The van der Waals surface area contributed by atoms with Crippen LogP contribution in [0, 0.1) is 0 Å². The summed E-state index contributed by atoms with van der Waals surface area (Å²) in [6.07, 6.45) is 89.4. The fraction of sp³-hybridized carbons (Fsp3) is 0.797. The Hall–Kier alpha value is -3.15. The molecule has 0 aliphatic rings. The maximum atomic E-state index is 12.9. The topological polar surface area (TPSA) is 78.9 Å². The fourth-order valence-electron chi connectivity index (χ4n) is 10.2. The van der Waals surface area contributed by atoms with E-state index in [2.05, 4.69) is 93.7 Å². The number of ether oxygens (including phenoxy) is 3. The third kappa shape index (κ3) is 65.7. The van der Waals surface area contributed by atoms with Crippen molar-refractivity contribution in [1.82, 2.24) is 0 Å². The number of carbonyl (C=O) groups excluding carboxylic acids is 3. The third-order valence-electron chi connectivity index (χ3n) is 15.4. The van der Waals surface area contributed by atoms with E-state index in [4.69, 9.17) is 14.2 Å². The zero-order valence-corrected chi connectivity index (χ0v) is 53.3. The van der Waals surface area contributed by atoms with Crippen LogP contribution in [-0.2, 0) is 28.6 Å². The third-order valence-corrected chi connectivity index (χ3v) is 15.4. The number of hydrogen-bond donors (Lipinski definition) is 0. The molecule has 0 fully saturated rings. The molecule has 0 radical (unpaired) electrons. The Morgan fingerprint density at radius 3 is 0.812 bits per heavy atom. The molecule has 0 saturated heterocycles. The number of carbonyl (C=O) groups is 3. The molecule has 1 atom stereocenters. The van der Waals surface area contributed by atoms with Gasteiger partial charge in [-0.1, -0.05) is 331 Å². The van der Waals surface area contributed by atoms with Crippen molar-refractivity contribution < 1.29 is 28.6 Å². The van der Waals surface area contributed by atoms with E-state index in [0.717, 1.165) is 109 Å². The highest BCUT2D eigenvalue weighted by Gasteiger charge is 2.19. The lowest BCUT2D eigenvalue weighted by molar-refractivity contribution is -0.167. The van der Waals surface area contributed by atoms with Gasteiger partial charge in [0.2, 0.25) is 0 Å². The van der Waals surface area contributed by atoms with Gasteiger partial charge in [0.05, 0.1) is 0 Å². The first-order valence-corrected chi connectivity index (χ1v) is 34.9. The van der Waals surface area contributed by atoms with Gasteiger partial charge in [-0.15, -0.1) is 0 Å². The second-order valence-corrected chi connectivity index (χ2v) is 23.4. The minimum atomic E-state index is -0.777. The van der Waals surface area contributed by atoms with Crippen LogP contribution in [0.25, 0.3) is 0 Å². The summed E-state index contributed by atoms with van der Waals surface area (Å²) in [6.45, 7) is 6.50. The van der Waals surface area contributed by atoms with Crippen LogP contribution in [0.15, 0.2) is 72.9 Å². The number of rotatable bonds is 64. The van der Waals surface area contributed by atoms with E-state index in [1.807, 2.05) is 0 Å². The predicted octanol–water partition coefficient (Wildman–Crippen LogP) is 24.1. The molecule has 6 heteroatoms. The zero-order chi connectivity index (χ0) is 57.8. The molecule has 6 nitrogen and oxygen atoms in total. The summed E-state index contributed by atoms with van der Waals surface area (Å²) < 4.78 is 16.9. The van der Waals surface area contributed by atoms with Crippen LogP contribution >= 0.6 is 0 Å². The van der Waals surface area contributed by atoms with Gasteiger partial charge in [-0.2, -0.15) is 0 Å². The summed E-state index contributed by atoms with van der Waals surface area (Å²) in [7, 11) is 0. The molecule has 464 valence electrons. The summed E-state index contributed by atoms with van der Waals surface area (Å²) in [4.78, 5) is 38.3. The Bertz CT molecular complexity index is 1470. The highest BCUT2D eigenvalue weighted by atomic mass is 16.6.